The van der Waals surface area contributed by atoms with Crippen molar-refractivity contribution in [2.45, 2.75) is 70.6 Å². The van der Waals surface area contributed by atoms with Crippen molar-refractivity contribution in [3.05, 3.63) is 116 Å². The van der Waals surface area contributed by atoms with Gasteiger partial charge in [-0.05, 0) is 87.9 Å². The molecule has 0 amide bonds. The summed E-state index contributed by atoms with van der Waals surface area (Å²) in [5.41, 5.74) is 6.09. The molecule has 4 fully saturated rings. The van der Waals surface area contributed by atoms with Crippen LogP contribution in [0, 0.1) is 18.8 Å². The number of rotatable bonds is 12. The van der Waals surface area contributed by atoms with E-state index in [1.54, 1.807) is 33.9 Å². The molecule has 2 unspecified atom stereocenters. The van der Waals surface area contributed by atoms with Crippen LogP contribution in [0.5, 0.6) is 11.8 Å². The lowest BCUT2D eigenvalue weighted by Crippen LogP contribution is -2.25. The lowest BCUT2D eigenvalue weighted by Gasteiger charge is -2.13. The molecular formula is C47H47BrN10O6. The van der Waals surface area contributed by atoms with Crippen molar-refractivity contribution in [1.82, 2.24) is 48.2 Å². The molecule has 8 aromatic rings. The van der Waals surface area contributed by atoms with E-state index in [1.807, 2.05) is 58.5 Å². The Kier molecular flexibility index (Phi) is 10.9. The van der Waals surface area contributed by atoms with Crippen LogP contribution in [0.15, 0.2) is 87.4 Å². The van der Waals surface area contributed by atoms with E-state index in [0.717, 1.165) is 112 Å². The molecule has 2 aliphatic heterocycles. The number of hydrogen-bond donors (Lipinski definition) is 0. The molecule has 0 N–H and O–H groups in total. The molecule has 4 aliphatic rings. The van der Waals surface area contributed by atoms with E-state index in [2.05, 4.69) is 32.0 Å². The minimum atomic E-state index is -0.0411. The Morgan fingerprint density at radius 3 is 1.61 bits per heavy atom. The van der Waals surface area contributed by atoms with Crippen LogP contribution in [0.3, 0.4) is 0 Å². The molecule has 2 saturated heterocycles. The first-order valence-corrected chi connectivity index (χ1v) is 22.9. The highest BCUT2D eigenvalue weighted by Crippen LogP contribution is 2.37. The Labute approximate surface area is 375 Å². The average molecular weight is 928 g/mol. The fourth-order valence-electron chi connectivity index (χ4n) is 8.78. The van der Waals surface area contributed by atoms with Crippen LogP contribution in [0.4, 0.5) is 0 Å². The summed E-state index contributed by atoms with van der Waals surface area (Å²) in [6.45, 7) is 6.67. The third-order valence-electron chi connectivity index (χ3n) is 12.4. The molecule has 2 aliphatic carbocycles. The molecule has 12 rings (SSSR count). The molecule has 2 atom stereocenters. The van der Waals surface area contributed by atoms with E-state index in [1.165, 1.54) is 0 Å². The van der Waals surface area contributed by atoms with Crippen molar-refractivity contribution in [2.75, 3.05) is 39.6 Å². The average Bonchev–Trinajstić information content (AvgIpc) is 4.15. The van der Waals surface area contributed by atoms with Gasteiger partial charge in [0.2, 0.25) is 11.8 Å². The van der Waals surface area contributed by atoms with E-state index < -0.39 is 0 Å². The quantitative estimate of drug-likeness (QED) is 0.124. The molecule has 0 radical (unpaired) electrons. The van der Waals surface area contributed by atoms with Crippen molar-refractivity contribution >= 4 is 59.8 Å². The summed E-state index contributed by atoms with van der Waals surface area (Å²) < 4.78 is 31.4. The SMILES string of the molecule is Cc1ccc2nc(Cn3c(=O)n(C4CC4)c4ccncc43)nc(OCC3CCOC3)c2c1.O=c1n(Cc2nc(OCC3CCOC3)c3cc(Br)ccc3n2)c2cnccc2n1C1CC1. The lowest BCUT2D eigenvalue weighted by molar-refractivity contribution is 0.166. The fraction of sp³-hybridized carbons (Fsp3) is 0.404. The molecule has 8 heterocycles. The topological polar surface area (TPSA) is 168 Å². The predicted molar refractivity (Wildman–Crippen MR) is 243 cm³/mol. The number of benzene rings is 2. The minimum absolute atomic E-state index is 0.0336. The van der Waals surface area contributed by atoms with Gasteiger partial charge in [0.05, 0.1) is 95.8 Å². The summed E-state index contributed by atoms with van der Waals surface area (Å²) in [6, 6.07) is 16.3. The summed E-state index contributed by atoms with van der Waals surface area (Å²) in [7, 11) is 0. The smallest absolute Gasteiger partial charge is 0.329 e. The molecule has 0 spiro atoms. The van der Waals surface area contributed by atoms with Crippen molar-refractivity contribution in [1.29, 1.82) is 0 Å². The maximum absolute atomic E-state index is 13.3. The predicted octanol–water partition coefficient (Wildman–Crippen LogP) is 6.95. The number of aromatic nitrogens is 10. The number of hydrogen-bond acceptors (Lipinski definition) is 12. The van der Waals surface area contributed by atoms with Crippen molar-refractivity contribution in [2.24, 2.45) is 11.8 Å². The van der Waals surface area contributed by atoms with Gasteiger partial charge in [-0.3, -0.25) is 28.2 Å². The molecule has 2 aromatic carbocycles. The summed E-state index contributed by atoms with van der Waals surface area (Å²) in [5.74, 6) is 2.94. The number of nitrogens with zero attached hydrogens (tertiary/aromatic N) is 10. The highest BCUT2D eigenvalue weighted by molar-refractivity contribution is 9.10. The van der Waals surface area contributed by atoms with Crippen molar-refractivity contribution in [3.63, 3.8) is 0 Å². The van der Waals surface area contributed by atoms with Crippen LogP contribution in [-0.4, -0.2) is 87.8 Å². The first kappa shape index (κ1) is 40.7. The Bertz CT molecular complexity index is 2950. The van der Waals surface area contributed by atoms with Gasteiger partial charge in [-0.1, -0.05) is 27.6 Å². The maximum Gasteiger partial charge on any atom is 0.329 e. The second-order valence-electron chi connectivity index (χ2n) is 17.3. The third kappa shape index (κ3) is 8.16. The lowest BCUT2D eigenvalue weighted by atomic mass is 10.1. The zero-order chi connectivity index (χ0) is 43.3. The zero-order valence-electron chi connectivity index (χ0n) is 35.4. The molecule has 328 valence electrons. The van der Waals surface area contributed by atoms with Crippen LogP contribution < -0.4 is 20.9 Å². The van der Waals surface area contributed by atoms with Gasteiger partial charge >= 0.3 is 11.4 Å². The normalized spacial score (nSPS) is 18.6. The van der Waals surface area contributed by atoms with E-state index in [4.69, 9.17) is 38.9 Å². The van der Waals surface area contributed by atoms with E-state index in [0.29, 0.717) is 55.1 Å². The monoisotopic (exact) mass is 926 g/mol. The van der Waals surface area contributed by atoms with Crippen LogP contribution in [-0.2, 0) is 22.6 Å². The second-order valence-corrected chi connectivity index (χ2v) is 18.2. The molecule has 64 heavy (non-hydrogen) atoms. The standard InChI is InChI=1S/C24H25N5O3.C23H22BrN5O3/c1-15-2-5-19-18(10-15)23(32-14-16-7-9-31-13-16)27-22(26-19)12-28-21-11-25-8-6-20(21)29(24(28)30)17-3-4-17;24-15-1-4-18-17(9-15)22(32-13-14-6-8-31-12-14)27-21(26-18)11-28-20-10-25-7-5-19(20)29(23(28)30)16-2-3-16/h2,5-6,8,10-11,16-17H,3-4,7,9,12-14H2,1H3;1,4-5,7,9-10,14,16H,2-3,6,8,11-13H2. The van der Waals surface area contributed by atoms with E-state index in [-0.39, 0.29) is 36.6 Å². The summed E-state index contributed by atoms with van der Waals surface area (Å²) in [6.07, 6.45) is 13.1. The van der Waals surface area contributed by atoms with Crippen molar-refractivity contribution in [3.8, 4) is 11.8 Å². The molecule has 2 saturated carbocycles. The summed E-state index contributed by atoms with van der Waals surface area (Å²) >= 11 is 3.53. The van der Waals surface area contributed by atoms with Crippen LogP contribution >= 0.6 is 15.9 Å². The molecule has 16 nitrogen and oxygen atoms in total. The minimum Gasteiger partial charge on any atom is -0.477 e. The van der Waals surface area contributed by atoms with Crippen LogP contribution in [0.1, 0.15) is 67.8 Å². The maximum atomic E-state index is 13.3. The highest BCUT2D eigenvalue weighted by atomic mass is 79.9. The Morgan fingerprint density at radius 2 is 1.12 bits per heavy atom. The van der Waals surface area contributed by atoms with Gasteiger partial charge in [0, 0.05) is 54.0 Å². The van der Waals surface area contributed by atoms with E-state index in [9.17, 15) is 9.59 Å². The third-order valence-corrected chi connectivity index (χ3v) is 12.9. The number of fused-ring (bicyclic) bond motifs is 4. The van der Waals surface area contributed by atoms with Gasteiger partial charge < -0.3 is 18.9 Å². The number of pyridine rings is 2. The fourth-order valence-corrected chi connectivity index (χ4v) is 9.14. The van der Waals surface area contributed by atoms with Gasteiger partial charge in [0.15, 0.2) is 11.6 Å². The van der Waals surface area contributed by atoms with Crippen LogP contribution in [0.2, 0.25) is 0 Å². The number of imidazole rings is 2. The first-order chi connectivity index (χ1) is 31.3. The highest BCUT2D eigenvalue weighted by Gasteiger charge is 2.31. The van der Waals surface area contributed by atoms with Gasteiger partial charge in [-0.15, -0.1) is 0 Å². The van der Waals surface area contributed by atoms with Gasteiger partial charge in [-0.2, -0.15) is 9.97 Å². The Hall–Kier alpha value is -6.04. The van der Waals surface area contributed by atoms with E-state index >= 15 is 0 Å². The Balaban J connectivity index is 0.000000143. The number of ether oxygens (including phenoxy) is 4. The van der Waals surface area contributed by atoms with Gasteiger partial charge in [0.25, 0.3) is 0 Å². The number of halogens is 1. The molecular weight excluding hydrogens is 880 g/mol. The summed E-state index contributed by atoms with van der Waals surface area (Å²) in [4.78, 5) is 54.0. The second kappa shape index (κ2) is 17.2. The number of aryl methyl sites for hydroxylation is 1. The Morgan fingerprint density at radius 1 is 0.625 bits per heavy atom. The largest absolute Gasteiger partial charge is 0.477 e. The molecule has 6 aromatic heterocycles. The van der Waals surface area contributed by atoms with Crippen molar-refractivity contribution < 1.29 is 18.9 Å². The molecule has 0 bridgehead atoms. The summed E-state index contributed by atoms with van der Waals surface area (Å²) in [5, 5.41) is 1.73. The first-order valence-electron chi connectivity index (χ1n) is 22.1. The molecule has 17 heteroatoms. The zero-order valence-corrected chi connectivity index (χ0v) is 37.0. The van der Waals surface area contributed by atoms with Crippen LogP contribution in [0.25, 0.3) is 43.9 Å². The van der Waals surface area contributed by atoms with Gasteiger partial charge in [0.1, 0.15) is 0 Å². The van der Waals surface area contributed by atoms with Gasteiger partial charge in [-0.25, -0.2) is 19.6 Å².